The van der Waals surface area contributed by atoms with Gasteiger partial charge in [-0.25, -0.2) is 0 Å². The Morgan fingerprint density at radius 1 is 0.500 bits per heavy atom. The van der Waals surface area contributed by atoms with Gasteiger partial charge in [0.2, 0.25) is 5.91 Å². The van der Waals surface area contributed by atoms with Crippen molar-refractivity contribution in [2.45, 2.75) is 263 Å². The second-order valence-electron chi connectivity index (χ2n) is 15.7. The lowest BCUT2D eigenvalue weighted by Crippen LogP contribution is -2.45. The van der Waals surface area contributed by atoms with Crippen LogP contribution in [0.15, 0.2) is 12.2 Å². The molecule has 0 aromatic carbocycles. The summed E-state index contributed by atoms with van der Waals surface area (Å²) in [5.74, 6) is -0.314. The first-order valence-electron chi connectivity index (χ1n) is 22.5. The second-order valence-corrected chi connectivity index (χ2v) is 15.7. The first-order valence-corrected chi connectivity index (χ1v) is 22.5. The lowest BCUT2D eigenvalue weighted by molar-refractivity contribution is -0.124. The third-order valence-corrected chi connectivity index (χ3v) is 10.6. The summed E-state index contributed by atoms with van der Waals surface area (Å²) >= 11 is 0. The molecule has 0 heterocycles. The van der Waals surface area contributed by atoms with Crippen LogP contribution in [0.3, 0.4) is 0 Å². The predicted molar refractivity (Wildman–Crippen MR) is 218 cm³/mol. The maximum atomic E-state index is 12.4. The van der Waals surface area contributed by atoms with Crippen LogP contribution in [0.4, 0.5) is 0 Å². The second kappa shape index (κ2) is 40.9. The van der Waals surface area contributed by atoms with Crippen LogP contribution in [0, 0.1) is 0 Å². The summed E-state index contributed by atoms with van der Waals surface area (Å²) in [5, 5.41) is 33.1. The summed E-state index contributed by atoms with van der Waals surface area (Å²) in [7, 11) is 0. The molecule has 298 valence electrons. The van der Waals surface area contributed by atoms with E-state index in [-0.39, 0.29) is 18.9 Å². The number of rotatable bonds is 41. The number of amides is 1. The molecule has 0 saturated heterocycles. The molecule has 0 bridgehead atoms. The maximum absolute atomic E-state index is 12.4. The summed E-state index contributed by atoms with van der Waals surface area (Å²) in [5.41, 5.74) is 0. The van der Waals surface area contributed by atoms with Crippen LogP contribution < -0.4 is 5.32 Å². The van der Waals surface area contributed by atoms with Crippen LogP contribution in [-0.4, -0.2) is 46.1 Å². The Morgan fingerprint density at radius 3 is 1.16 bits per heavy atom. The fourth-order valence-corrected chi connectivity index (χ4v) is 7.11. The number of hydrogen-bond donors (Lipinski definition) is 4. The lowest BCUT2D eigenvalue weighted by atomic mass is 10.0. The van der Waals surface area contributed by atoms with E-state index in [1.54, 1.807) is 6.08 Å². The van der Waals surface area contributed by atoms with Gasteiger partial charge in [0, 0.05) is 0 Å². The summed E-state index contributed by atoms with van der Waals surface area (Å²) < 4.78 is 0. The number of aliphatic hydroxyl groups is 3. The van der Waals surface area contributed by atoms with Crippen LogP contribution in [0.5, 0.6) is 0 Å². The zero-order valence-electron chi connectivity index (χ0n) is 33.8. The van der Waals surface area contributed by atoms with Gasteiger partial charge in [-0.2, -0.15) is 0 Å². The van der Waals surface area contributed by atoms with E-state index in [0.717, 1.165) is 25.7 Å². The van der Waals surface area contributed by atoms with Crippen molar-refractivity contribution in [2.24, 2.45) is 0 Å². The summed E-state index contributed by atoms with van der Waals surface area (Å²) in [6.07, 6.45) is 48.0. The van der Waals surface area contributed by atoms with Crippen molar-refractivity contribution in [2.75, 3.05) is 6.61 Å². The van der Waals surface area contributed by atoms with Crippen molar-refractivity contribution in [3.05, 3.63) is 12.2 Å². The quantitative estimate of drug-likeness (QED) is 0.0376. The monoisotopic (exact) mass is 708 g/mol. The fourth-order valence-electron chi connectivity index (χ4n) is 7.11. The third kappa shape index (κ3) is 36.9. The molecule has 5 heteroatoms. The molecule has 0 spiro atoms. The van der Waals surface area contributed by atoms with Gasteiger partial charge in [0.25, 0.3) is 0 Å². The van der Waals surface area contributed by atoms with Gasteiger partial charge in [0.15, 0.2) is 0 Å². The number of unbranched alkanes of at least 4 members (excludes halogenated alkanes) is 32. The zero-order chi connectivity index (χ0) is 36.6. The van der Waals surface area contributed by atoms with Crippen LogP contribution in [0.25, 0.3) is 0 Å². The SMILES string of the molecule is CCCCCCCCCCCCCCCCCCCCCCCCC/C=C/C(O)C(CO)NC(=O)CC(O)CCCCCCCCCCCC. The normalized spacial score (nSPS) is 13.6. The first-order chi connectivity index (χ1) is 24.5. The van der Waals surface area contributed by atoms with Gasteiger partial charge < -0.3 is 20.6 Å². The third-order valence-electron chi connectivity index (χ3n) is 10.6. The van der Waals surface area contributed by atoms with Gasteiger partial charge in [0.05, 0.1) is 31.3 Å². The summed E-state index contributed by atoms with van der Waals surface area (Å²) in [4.78, 5) is 12.4. The standard InChI is InChI=1S/C45H89NO4/c1-3-5-7-9-11-13-15-16-17-18-19-20-21-22-23-24-25-26-27-28-29-31-33-35-37-39-44(49)43(41-47)46-45(50)40-42(48)38-36-34-32-30-14-12-10-8-6-4-2/h37,39,42-44,47-49H,3-36,38,40-41H2,1-2H3,(H,46,50)/b39-37+. The topological polar surface area (TPSA) is 89.8 Å². The molecule has 1 amide bonds. The van der Waals surface area contributed by atoms with Gasteiger partial charge >= 0.3 is 0 Å². The Bertz CT molecular complexity index is 699. The van der Waals surface area contributed by atoms with E-state index in [9.17, 15) is 20.1 Å². The Morgan fingerprint density at radius 2 is 0.820 bits per heavy atom. The molecule has 0 aromatic heterocycles. The molecule has 0 aliphatic carbocycles. The molecule has 0 aromatic rings. The molecule has 0 aliphatic heterocycles. The average molecular weight is 708 g/mol. The Labute approximate surface area is 312 Å². The molecule has 4 N–H and O–H groups in total. The van der Waals surface area contributed by atoms with E-state index in [0.29, 0.717) is 6.42 Å². The molecule has 0 fully saturated rings. The van der Waals surface area contributed by atoms with Crippen molar-refractivity contribution in [3.63, 3.8) is 0 Å². The molecular weight excluding hydrogens is 618 g/mol. The van der Waals surface area contributed by atoms with E-state index < -0.39 is 18.2 Å². The molecule has 0 aliphatic rings. The maximum Gasteiger partial charge on any atom is 0.222 e. The lowest BCUT2D eigenvalue weighted by Gasteiger charge is -2.21. The highest BCUT2D eigenvalue weighted by Crippen LogP contribution is 2.16. The predicted octanol–water partition coefficient (Wildman–Crippen LogP) is 12.8. The average Bonchev–Trinajstić information content (AvgIpc) is 3.11. The zero-order valence-corrected chi connectivity index (χ0v) is 33.8. The molecular formula is C45H89NO4. The van der Waals surface area contributed by atoms with Crippen LogP contribution >= 0.6 is 0 Å². The van der Waals surface area contributed by atoms with E-state index >= 15 is 0 Å². The first kappa shape index (κ1) is 49.1. The van der Waals surface area contributed by atoms with Crippen molar-refractivity contribution < 1.29 is 20.1 Å². The largest absolute Gasteiger partial charge is 0.394 e. The fraction of sp³-hybridized carbons (Fsp3) is 0.933. The van der Waals surface area contributed by atoms with E-state index in [2.05, 4.69) is 19.2 Å². The van der Waals surface area contributed by atoms with Crippen molar-refractivity contribution in [1.82, 2.24) is 5.32 Å². The smallest absolute Gasteiger partial charge is 0.222 e. The molecule has 3 atom stereocenters. The minimum atomic E-state index is -0.924. The molecule has 0 rings (SSSR count). The van der Waals surface area contributed by atoms with Gasteiger partial charge in [-0.3, -0.25) is 4.79 Å². The highest BCUT2D eigenvalue weighted by molar-refractivity contribution is 5.76. The minimum absolute atomic E-state index is 0.0177. The molecule has 50 heavy (non-hydrogen) atoms. The van der Waals surface area contributed by atoms with Gasteiger partial charge in [-0.15, -0.1) is 0 Å². The molecule has 5 nitrogen and oxygen atoms in total. The van der Waals surface area contributed by atoms with Crippen LogP contribution in [0.1, 0.15) is 245 Å². The van der Waals surface area contributed by atoms with E-state index in [1.165, 1.54) is 193 Å². The van der Waals surface area contributed by atoms with Gasteiger partial charge in [-0.05, 0) is 19.3 Å². The highest BCUT2D eigenvalue weighted by Gasteiger charge is 2.20. The van der Waals surface area contributed by atoms with Crippen LogP contribution in [0.2, 0.25) is 0 Å². The van der Waals surface area contributed by atoms with Gasteiger partial charge in [0.1, 0.15) is 0 Å². The Hall–Kier alpha value is -0.910. The van der Waals surface area contributed by atoms with Crippen molar-refractivity contribution >= 4 is 5.91 Å². The highest BCUT2D eigenvalue weighted by atomic mass is 16.3. The van der Waals surface area contributed by atoms with Crippen LogP contribution in [-0.2, 0) is 4.79 Å². The number of carbonyl (C=O) groups excluding carboxylic acids is 1. The van der Waals surface area contributed by atoms with E-state index in [1.807, 2.05) is 6.08 Å². The van der Waals surface area contributed by atoms with E-state index in [4.69, 9.17) is 0 Å². The Balaban J connectivity index is 3.57. The summed E-state index contributed by atoms with van der Waals surface area (Å²) in [6.45, 7) is 4.21. The Kier molecular flexibility index (Phi) is 40.1. The molecule has 0 saturated carbocycles. The van der Waals surface area contributed by atoms with Gasteiger partial charge in [-0.1, -0.05) is 231 Å². The number of carbonyl (C=O) groups is 1. The number of hydrogen-bond acceptors (Lipinski definition) is 4. The number of aliphatic hydroxyl groups excluding tert-OH is 3. The minimum Gasteiger partial charge on any atom is -0.394 e. The number of nitrogens with one attached hydrogen (secondary N) is 1. The van der Waals surface area contributed by atoms with Crippen molar-refractivity contribution in [1.29, 1.82) is 0 Å². The van der Waals surface area contributed by atoms with Crippen molar-refractivity contribution in [3.8, 4) is 0 Å². The number of allylic oxidation sites excluding steroid dienone is 1. The summed E-state index contributed by atoms with van der Waals surface area (Å²) in [6, 6.07) is -0.738. The molecule has 3 unspecified atom stereocenters. The molecule has 0 radical (unpaired) electrons.